The standard InChI is InChI=1S/C21H13F2N3O2/c22-14-11-9-13(10-12-14)19-24-18-8-4-2-6-16(18)21(28)26(19)25-20(27)15-5-1-3-7-17(15)23/h1-12H,(H,25,27). The van der Waals surface area contributed by atoms with Gasteiger partial charge in [-0.2, -0.15) is 4.68 Å². The highest BCUT2D eigenvalue weighted by Crippen LogP contribution is 2.19. The highest BCUT2D eigenvalue weighted by atomic mass is 19.1. The minimum Gasteiger partial charge on any atom is -0.267 e. The number of fused-ring (bicyclic) bond motifs is 1. The van der Waals surface area contributed by atoms with Crippen molar-refractivity contribution in [3.8, 4) is 11.4 Å². The summed E-state index contributed by atoms with van der Waals surface area (Å²) in [5, 5.41) is 0.280. The SMILES string of the molecule is O=C(Nn1c(-c2ccc(F)cc2)nc2ccccc2c1=O)c1ccccc1F. The molecule has 0 aliphatic rings. The number of nitrogens with one attached hydrogen (secondary N) is 1. The van der Waals surface area contributed by atoms with Gasteiger partial charge in [0.2, 0.25) is 0 Å². The van der Waals surface area contributed by atoms with E-state index in [4.69, 9.17) is 0 Å². The first kappa shape index (κ1) is 17.5. The van der Waals surface area contributed by atoms with Crippen LogP contribution in [0.3, 0.4) is 0 Å². The van der Waals surface area contributed by atoms with Gasteiger partial charge in [-0.05, 0) is 48.5 Å². The van der Waals surface area contributed by atoms with E-state index in [2.05, 4.69) is 10.4 Å². The number of aromatic nitrogens is 2. The quantitative estimate of drug-likeness (QED) is 0.592. The Morgan fingerprint density at radius 3 is 2.32 bits per heavy atom. The first-order valence-electron chi connectivity index (χ1n) is 8.38. The zero-order chi connectivity index (χ0) is 19.7. The number of rotatable bonds is 3. The molecule has 0 unspecified atom stereocenters. The maximum atomic E-state index is 14.0. The molecule has 0 bridgehead atoms. The summed E-state index contributed by atoms with van der Waals surface area (Å²) < 4.78 is 28.2. The minimum absolute atomic E-state index is 0.105. The van der Waals surface area contributed by atoms with E-state index in [1.807, 2.05) is 0 Å². The molecule has 1 heterocycles. The van der Waals surface area contributed by atoms with Gasteiger partial charge in [0, 0.05) is 5.56 Å². The monoisotopic (exact) mass is 377 g/mol. The zero-order valence-electron chi connectivity index (χ0n) is 14.4. The van der Waals surface area contributed by atoms with Crippen LogP contribution < -0.4 is 11.0 Å². The Morgan fingerprint density at radius 1 is 0.893 bits per heavy atom. The van der Waals surface area contributed by atoms with Gasteiger partial charge in [-0.25, -0.2) is 13.8 Å². The van der Waals surface area contributed by atoms with Crippen LogP contribution in [0.15, 0.2) is 77.6 Å². The molecule has 0 atom stereocenters. The molecule has 0 fully saturated rings. The molecule has 0 spiro atoms. The fourth-order valence-electron chi connectivity index (χ4n) is 2.84. The van der Waals surface area contributed by atoms with Crippen LogP contribution in [0.5, 0.6) is 0 Å². The van der Waals surface area contributed by atoms with Crippen molar-refractivity contribution in [3.05, 3.63) is 100 Å². The van der Waals surface area contributed by atoms with Crippen molar-refractivity contribution < 1.29 is 13.6 Å². The van der Waals surface area contributed by atoms with Crippen molar-refractivity contribution in [3.63, 3.8) is 0 Å². The number of hydrogen-bond acceptors (Lipinski definition) is 3. The van der Waals surface area contributed by atoms with E-state index in [9.17, 15) is 18.4 Å². The molecular formula is C21H13F2N3O2. The summed E-state index contributed by atoms with van der Waals surface area (Å²) in [6.07, 6.45) is 0. The van der Waals surface area contributed by atoms with Gasteiger partial charge in [-0.15, -0.1) is 0 Å². The second-order valence-corrected chi connectivity index (χ2v) is 6.02. The van der Waals surface area contributed by atoms with Crippen LogP contribution in [0.1, 0.15) is 10.4 Å². The van der Waals surface area contributed by atoms with E-state index in [0.29, 0.717) is 11.1 Å². The molecule has 0 saturated heterocycles. The van der Waals surface area contributed by atoms with Gasteiger partial charge in [0.15, 0.2) is 5.82 Å². The Bertz CT molecular complexity index is 1250. The largest absolute Gasteiger partial charge is 0.280 e. The number of halogens is 2. The third-order valence-electron chi connectivity index (χ3n) is 4.21. The van der Waals surface area contributed by atoms with Gasteiger partial charge in [0.05, 0.1) is 16.5 Å². The molecule has 1 amide bonds. The Kier molecular flexibility index (Phi) is 4.41. The summed E-state index contributed by atoms with van der Waals surface area (Å²) in [5.74, 6) is -1.87. The van der Waals surface area contributed by atoms with Crippen LogP contribution in [-0.4, -0.2) is 15.6 Å². The fraction of sp³-hybridized carbons (Fsp3) is 0. The molecule has 5 nitrogen and oxygen atoms in total. The third-order valence-corrected chi connectivity index (χ3v) is 4.21. The molecule has 0 aliphatic heterocycles. The van der Waals surface area contributed by atoms with E-state index in [-0.39, 0.29) is 16.8 Å². The lowest BCUT2D eigenvalue weighted by atomic mass is 10.2. The minimum atomic E-state index is -0.805. The summed E-state index contributed by atoms with van der Waals surface area (Å²) >= 11 is 0. The molecule has 0 aliphatic carbocycles. The number of hydrogen-bond donors (Lipinski definition) is 1. The topological polar surface area (TPSA) is 64.0 Å². The maximum Gasteiger partial charge on any atom is 0.280 e. The first-order valence-corrected chi connectivity index (χ1v) is 8.38. The molecule has 3 aromatic carbocycles. The smallest absolute Gasteiger partial charge is 0.267 e. The molecule has 0 radical (unpaired) electrons. The zero-order valence-corrected chi connectivity index (χ0v) is 14.4. The van der Waals surface area contributed by atoms with E-state index < -0.39 is 23.1 Å². The van der Waals surface area contributed by atoms with Gasteiger partial charge < -0.3 is 0 Å². The van der Waals surface area contributed by atoms with Gasteiger partial charge in [-0.1, -0.05) is 24.3 Å². The Hall–Kier alpha value is -3.87. The lowest BCUT2D eigenvalue weighted by Crippen LogP contribution is -2.35. The van der Waals surface area contributed by atoms with Crippen LogP contribution in [0, 0.1) is 11.6 Å². The van der Waals surface area contributed by atoms with Crippen molar-refractivity contribution in [2.75, 3.05) is 5.43 Å². The second-order valence-electron chi connectivity index (χ2n) is 6.02. The molecule has 1 N–H and O–H groups in total. The highest BCUT2D eigenvalue weighted by molar-refractivity contribution is 6.00. The lowest BCUT2D eigenvalue weighted by Gasteiger charge is -2.15. The first-order chi connectivity index (χ1) is 13.5. The molecular weight excluding hydrogens is 364 g/mol. The van der Waals surface area contributed by atoms with E-state index in [0.717, 1.165) is 10.7 Å². The van der Waals surface area contributed by atoms with Crippen molar-refractivity contribution in [2.24, 2.45) is 0 Å². The number of carbonyl (C=O) groups is 1. The van der Waals surface area contributed by atoms with E-state index in [1.165, 1.54) is 42.5 Å². The van der Waals surface area contributed by atoms with Gasteiger partial charge in [0.25, 0.3) is 11.5 Å². The summed E-state index contributed by atoms with van der Waals surface area (Å²) in [6, 6.07) is 17.4. The van der Waals surface area contributed by atoms with Crippen LogP contribution in [-0.2, 0) is 0 Å². The third kappa shape index (κ3) is 3.14. The van der Waals surface area contributed by atoms with Crippen molar-refractivity contribution in [1.29, 1.82) is 0 Å². The van der Waals surface area contributed by atoms with E-state index in [1.54, 1.807) is 24.3 Å². The van der Waals surface area contributed by atoms with Crippen molar-refractivity contribution in [1.82, 2.24) is 9.66 Å². The number of nitrogens with zero attached hydrogens (tertiary/aromatic N) is 2. The molecule has 138 valence electrons. The number of amides is 1. The average Bonchev–Trinajstić information content (AvgIpc) is 2.71. The Morgan fingerprint density at radius 2 is 1.57 bits per heavy atom. The molecule has 4 rings (SSSR count). The highest BCUT2D eigenvalue weighted by Gasteiger charge is 2.17. The maximum absolute atomic E-state index is 14.0. The predicted octanol–water partition coefficient (Wildman–Crippen LogP) is 3.73. The van der Waals surface area contributed by atoms with E-state index >= 15 is 0 Å². The molecule has 28 heavy (non-hydrogen) atoms. The molecule has 7 heteroatoms. The van der Waals surface area contributed by atoms with Crippen LogP contribution >= 0.6 is 0 Å². The summed E-state index contributed by atoms with van der Waals surface area (Å²) in [7, 11) is 0. The Labute approximate surface area is 157 Å². The van der Waals surface area contributed by atoms with Crippen molar-refractivity contribution in [2.45, 2.75) is 0 Å². The Balaban J connectivity index is 1.90. The lowest BCUT2D eigenvalue weighted by molar-refractivity contribution is 0.100. The number of carbonyl (C=O) groups excluding carboxylic acids is 1. The van der Waals surface area contributed by atoms with Crippen LogP contribution in [0.4, 0.5) is 8.78 Å². The number of para-hydroxylation sites is 1. The second kappa shape index (κ2) is 7.03. The summed E-state index contributed by atoms with van der Waals surface area (Å²) in [6.45, 7) is 0. The van der Waals surface area contributed by atoms with Crippen molar-refractivity contribution >= 4 is 16.8 Å². The number of benzene rings is 3. The van der Waals surface area contributed by atoms with Gasteiger partial charge >= 0.3 is 0 Å². The molecule has 0 saturated carbocycles. The predicted molar refractivity (Wildman–Crippen MR) is 101 cm³/mol. The fourth-order valence-corrected chi connectivity index (χ4v) is 2.84. The summed E-state index contributed by atoms with van der Waals surface area (Å²) in [5.41, 5.74) is 2.50. The molecule has 4 aromatic rings. The van der Waals surface area contributed by atoms with Crippen LogP contribution in [0.2, 0.25) is 0 Å². The van der Waals surface area contributed by atoms with Gasteiger partial charge in [0.1, 0.15) is 11.6 Å². The average molecular weight is 377 g/mol. The van der Waals surface area contributed by atoms with Gasteiger partial charge in [-0.3, -0.25) is 15.0 Å². The van der Waals surface area contributed by atoms with Crippen LogP contribution in [0.25, 0.3) is 22.3 Å². The normalized spacial score (nSPS) is 10.8. The summed E-state index contributed by atoms with van der Waals surface area (Å²) in [4.78, 5) is 30.0. The molecule has 1 aromatic heterocycles.